The Morgan fingerprint density at radius 3 is 2.56 bits per heavy atom. The second-order valence-corrected chi connectivity index (χ2v) is 3.33. The fourth-order valence-corrected chi connectivity index (χ4v) is 1.28. The van der Waals surface area contributed by atoms with Crippen molar-refractivity contribution in [3.05, 3.63) is 18.2 Å². The molecule has 0 saturated carbocycles. The number of nitrogen functional groups attached to an aromatic ring is 1. The Bertz CT molecular complexity index is 315. The summed E-state index contributed by atoms with van der Waals surface area (Å²) in [6.07, 6.45) is 1.02. The normalized spacial score (nSPS) is 10.1. The summed E-state index contributed by atoms with van der Waals surface area (Å²) in [6.45, 7) is 3.90. The third-order valence-corrected chi connectivity index (χ3v) is 2.08. The highest BCUT2D eigenvalue weighted by Crippen LogP contribution is 2.30. The van der Waals surface area contributed by atoms with E-state index in [-0.39, 0.29) is 0 Å². The van der Waals surface area contributed by atoms with Gasteiger partial charge < -0.3 is 19.9 Å². The molecule has 0 bridgehead atoms. The number of hydrogen-bond acceptors (Lipinski definition) is 4. The summed E-state index contributed by atoms with van der Waals surface area (Å²) in [5.41, 5.74) is 6.37. The fraction of sp³-hybridized carbons (Fsp3) is 0.500. The lowest BCUT2D eigenvalue weighted by Crippen LogP contribution is -2.08. The first kappa shape index (κ1) is 12.6. The topological polar surface area (TPSA) is 53.7 Å². The summed E-state index contributed by atoms with van der Waals surface area (Å²) >= 11 is 0. The predicted octanol–water partition coefficient (Wildman–Crippen LogP) is 2.08. The van der Waals surface area contributed by atoms with Gasteiger partial charge >= 0.3 is 0 Å². The minimum absolute atomic E-state index is 0.497. The van der Waals surface area contributed by atoms with E-state index < -0.39 is 0 Å². The lowest BCUT2D eigenvalue weighted by molar-refractivity contribution is 0.101. The minimum Gasteiger partial charge on any atom is -0.494 e. The molecule has 0 fully saturated rings. The maximum atomic E-state index is 5.84. The van der Waals surface area contributed by atoms with Crippen LogP contribution in [0.1, 0.15) is 13.3 Å². The van der Waals surface area contributed by atoms with Crippen LogP contribution in [0.5, 0.6) is 11.5 Å². The van der Waals surface area contributed by atoms with Crippen molar-refractivity contribution in [3.8, 4) is 11.5 Å². The summed E-state index contributed by atoms with van der Waals surface area (Å²) in [7, 11) is 1.58. The van der Waals surface area contributed by atoms with Crippen LogP contribution >= 0.6 is 0 Å². The zero-order valence-electron chi connectivity index (χ0n) is 9.86. The highest BCUT2D eigenvalue weighted by molar-refractivity contribution is 5.62. The highest BCUT2D eigenvalue weighted by atomic mass is 16.5. The molecule has 2 N–H and O–H groups in total. The van der Waals surface area contributed by atoms with Crippen LogP contribution in [0.25, 0.3) is 0 Å². The summed E-state index contributed by atoms with van der Waals surface area (Å²) < 4.78 is 15.9. The van der Waals surface area contributed by atoms with Crippen molar-refractivity contribution in [2.45, 2.75) is 13.3 Å². The summed E-state index contributed by atoms with van der Waals surface area (Å²) in [5, 5.41) is 0. The maximum absolute atomic E-state index is 5.84. The highest BCUT2D eigenvalue weighted by Gasteiger charge is 2.05. The van der Waals surface area contributed by atoms with E-state index in [1.807, 2.05) is 12.1 Å². The molecule has 0 aliphatic heterocycles. The minimum atomic E-state index is 0.497. The number of methoxy groups -OCH3 is 1. The molecule has 0 unspecified atom stereocenters. The van der Waals surface area contributed by atoms with Crippen LogP contribution < -0.4 is 15.2 Å². The number of nitrogens with two attached hydrogens (primary N) is 1. The van der Waals surface area contributed by atoms with Crippen molar-refractivity contribution in [2.75, 3.05) is 32.7 Å². The van der Waals surface area contributed by atoms with Gasteiger partial charge in [-0.1, -0.05) is 13.0 Å². The molecule has 0 aliphatic carbocycles. The molecule has 0 aliphatic rings. The predicted molar refractivity (Wildman–Crippen MR) is 64.0 cm³/mol. The zero-order valence-corrected chi connectivity index (χ0v) is 9.86. The van der Waals surface area contributed by atoms with Crippen molar-refractivity contribution in [1.82, 2.24) is 0 Å². The molecule has 0 saturated heterocycles. The Morgan fingerprint density at radius 2 is 1.88 bits per heavy atom. The second kappa shape index (κ2) is 6.95. The molecule has 1 rings (SSSR count). The number of benzene rings is 1. The Morgan fingerprint density at radius 1 is 1.12 bits per heavy atom. The van der Waals surface area contributed by atoms with Gasteiger partial charge in [0.1, 0.15) is 23.8 Å². The number of para-hydroxylation sites is 1. The molecule has 1 aromatic carbocycles. The van der Waals surface area contributed by atoms with Gasteiger partial charge in [-0.25, -0.2) is 0 Å². The molecule has 4 heteroatoms. The third-order valence-electron chi connectivity index (χ3n) is 2.08. The molecule has 90 valence electrons. The monoisotopic (exact) mass is 225 g/mol. The van der Waals surface area contributed by atoms with Gasteiger partial charge in [-0.2, -0.15) is 0 Å². The van der Waals surface area contributed by atoms with Crippen molar-refractivity contribution < 1.29 is 14.2 Å². The summed E-state index contributed by atoms with van der Waals surface area (Å²) in [4.78, 5) is 0. The van der Waals surface area contributed by atoms with E-state index >= 15 is 0 Å². The Hall–Kier alpha value is -1.42. The lowest BCUT2D eigenvalue weighted by Gasteiger charge is -2.11. The van der Waals surface area contributed by atoms with Crippen molar-refractivity contribution >= 4 is 5.69 Å². The molecule has 0 heterocycles. The molecular weight excluding hydrogens is 206 g/mol. The quantitative estimate of drug-likeness (QED) is 0.570. The fourth-order valence-electron chi connectivity index (χ4n) is 1.28. The van der Waals surface area contributed by atoms with Crippen LogP contribution in [0.15, 0.2) is 18.2 Å². The SMILES string of the molecule is CCCOCCOc1cccc(OC)c1N. The van der Waals surface area contributed by atoms with Crippen LogP contribution in [0, 0.1) is 0 Å². The second-order valence-electron chi connectivity index (χ2n) is 3.33. The molecule has 0 aromatic heterocycles. The number of ether oxygens (including phenoxy) is 3. The Kier molecular flexibility index (Phi) is 5.50. The molecule has 0 amide bonds. The molecule has 4 nitrogen and oxygen atoms in total. The number of anilines is 1. The van der Waals surface area contributed by atoms with Crippen LogP contribution in [0.3, 0.4) is 0 Å². The van der Waals surface area contributed by atoms with Crippen molar-refractivity contribution in [2.24, 2.45) is 0 Å². The first-order chi connectivity index (χ1) is 7.79. The molecule has 0 spiro atoms. The standard InChI is InChI=1S/C12H19NO3/c1-3-7-15-8-9-16-11-6-4-5-10(14-2)12(11)13/h4-6H,3,7-9,13H2,1-2H3. The largest absolute Gasteiger partial charge is 0.494 e. The van der Waals surface area contributed by atoms with Gasteiger partial charge in [0.05, 0.1) is 13.7 Å². The van der Waals surface area contributed by atoms with E-state index in [0.29, 0.717) is 30.4 Å². The van der Waals surface area contributed by atoms with E-state index in [2.05, 4.69) is 6.92 Å². The Labute approximate surface area is 96.3 Å². The van der Waals surface area contributed by atoms with Gasteiger partial charge in [0.2, 0.25) is 0 Å². The van der Waals surface area contributed by atoms with E-state index in [0.717, 1.165) is 13.0 Å². The van der Waals surface area contributed by atoms with Crippen molar-refractivity contribution in [3.63, 3.8) is 0 Å². The van der Waals surface area contributed by atoms with Crippen LogP contribution in [-0.2, 0) is 4.74 Å². The molecular formula is C12H19NO3. The molecule has 1 aromatic rings. The average Bonchev–Trinajstić information content (AvgIpc) is 2.31. The maximum Gasteiger partial charge on any atom is 0.146 e. The van der Waals surface area contributed by atoms with Gasteiger partial charge in [0, 0.05) is 6.61 Å². The van der Waals surface area contributed by atoms with Crippen LogP contribution in [-0.4, -0.2) is 26.9 Å². The lowest BCUT2D eigenvalue weighted by atomic mass is 10.3. The van der Waals surface area contributed by atoms with Gasteiger partial charge in [-0.3, -0.25) is 0 Å². The van der Waals surface area contributed by atoms with E-state index in [1.165, 1.54) is 0 Å². The summed E-state index contributed by atoms with van der Waals surface area (Å²) in [6, 6.07) is 5.46. The van der Waals surface area contributed by atoms with Crippen molar-refractivity contribution in [1.29, 1.82) is 0 Å². The van der Waals surface area contributed by atoms with Crippen LogP contribution in [0.4, 0.5) is 5.69 Å². The Balaban J connectivity index is 2.41. The smallest absolute Gasteiger partial charge is 0.146 e. The summed E-state index contributed by atoms with van der Waals surface area (Å²) in [5.74, 6) is 1.27. The third kappa shape index (κ3) is 3.62. The van der Waals surface area contributed by atoms with Gasteiger partial charge in [0.25, 0.3) is 0 Å². The molecule has 0 radical (unpaired) electrons. The van der Waals surface area contributed by atoms with Gasteiger partial charge in [0.15, 0.2) is 0 Å². The van der Waals surface area contributed by atoms with Gasteiger partial charge in [-0.15, -0.1) is 0 Å². The van der Waals surface area contributed by atoms with Crippen LogP contribution in [0.2, 0.25) is 0 Å². The first-order valence-electron chi connectivity index (χ1n) is 5.42. The van der Waals surface area contributed by atoms with E-state index in [9.17, 15) is 0 Å². The number of rotatable bonds is 7. The van der Waals surface area contributed by atoms with E-state index in [1.54, 1.807) is 13.2 Å². The first-order valence-corrected chi connectivity index (χ1v) is 5.42. The van der Waals surface area contributed by atoms with E-state index in [4.69, 9.17) is 19.9 Å². The molecule has 16 heavy (non-hydrogen) atoms. The van der Waals surface area contributed by atoms with Gasteiger partial charge in [-0.05, 0) is 18.6 Å². The average molecular weight is 225 g/mol. The number of hydrogen-bond donors (Lipinski definition) is 1. The molecule has 0 atom stereocenters. The zero-order chi connectivity index (χ0) is 11.8.